The number of aromatic nitrogens is 1. The Morgan fingerprint density at radius 1 is 0.617 bits per heavy atom. The molecule has 15 N–H and O–H groups in total. The number of fused-ring (bicyclic) bond motifs is 2. The van der Waals surface area contributed by atoms with Gasteiger partial charge in [-0.3, -0.25) is 49.2 Å². The van der Waals surface area contributed by atoms with Gasteiger partial charge in [-0.2, -0.15) is 0 Å². The molecule has 0 unspecified atom stereocenters. The Bertz CT molecular complexity index is 5490. The van der Waals surface area contributed by atoms with Gasteiger partial charge in [-0.25, -0.2) is 27.7 Å². The van der Waals surface area contributed by atoms with Gasteiger partial charge in [-0.1, -0.05) is 166 Å². The predicted molar refractivity (Wildman–Crippen MR) is 507 cm³/mol. The number of rotatable bonds is 38. The van der Waals surface area contributed by atoms with Crippen LogP contribution in [-0.4, -0.2) is 196 Å². The van der Waals surface area contributed by atoms with Crippen LogP contribution in [0, 0.1) is 32.1 Å². The number of sulfonamides is 1. The quantitative estimate of drug-likeness (QED) is 0.00562. The van der Waals surface area contributed by atoms with Crippen molar-refractivity contribution in [3.63, 3.8) is 0 Å². The van der Waals surface area contributed by atoms with Crippen LogP contribution in [-0.2, 0) is 93.9 Å². The van der Waals surface area contributed by atoms with E-state index in [2.05, 4.69) is 58.4 Å². The van der Waals surface area contributed by atoms with E-state index in [1.807, 2.05) is 152 Å². The Balaban J connectivity index is 0.905. The number of H-pyrrole nitrogens is 1. The lowest BCUT2D eigenvalue weighted by atomic mass is 9.77. The molecule has 1 fully saturated rings. The minimum atomic E-state index is -4.36. The highest BCUT2D eigenvalue weighted by Crippen LogP contribution is 2.45. The lowest BCUT2D eigenvalue weighted by Crippen LogP contribution is -2.63. The molecular formula is C100H131N15O17S. The van der Waals surface area contributed by atoms with Crippen LogP contribution in [0.15, 0.2) is 181 Å². The number of hydrogen-bond donors (Lipinski definition) is 14. The number of para-hydroxylation sites is 1. The highest BCUT2D eigenvalue weighted by atomic mass is 32.2. The van der Waals surface area contributed by atoms with Crippen LogP contribution >= 0.6 is 0 Å². The van der Waals surface area contributed by atoms with Crippen LogP contribution in [0.5, 0.6) is 11.5 Å². The van der Waals surface area contributed by atoms with Gasteiger partial charge in [0, 0.05) is 68.5 Å². The van der Waals surface area contributed by atoms with E-state index < -0.39 is 170 Å². The van der Waals surface area contributed by atoms with Gasteiger partial charge in [0.2, 0.25) is 47.3 Å². The molecule has 2 aliphatic heterocycles. The number of carboxylic acid groups (broad SMARTS) is 1. The lowest BCUT2D eigenvalue weighted by Gasteiger charge is -2.37. The first kappa shape index (κ1) is 102. The van der Waals surface area contributed by atoms with Crippen molar-refractivity contribution >= 4 is 86.1 Å². The van der Waals surface area contributed by atoms with Gasteiger partial charge in [0.15, 0.2) is 0 Å². The fourth-order valence-corrected chi connectivity index (χ4v) is 18.6. The van der Waals surface area contributed by atoms with E-state index in [0.717, 1.165) is 15.4 Å². The average molecular weight is 1850 g/mol. The van der Waals surface area contributed by atoms with Gasteiger partial charge in [0.25, 0.3) is 15.9 Å². The smallest absolute Gasteiger partial charge is 0.334 e. The number of carbonyl (C=O) groups is 10. The summed E-state index contributed by atoms with van der Waals surface area (Å²) in [5.74, 6) is -8.19. The maximum Gasteiger partial charge on any atom is 0.334 e. The molecule has 0 spiro atoms. The number of carbonyl (C=O) groups excluding carboxylic acids is 9. The number of benzene rings is 7. The van der Waals surface area contributed by atoms with Crippen molar-refractivity contribution in [3.05, 3.63) is 232 Å². The third-order valence-corrected chi connectivity index (χ3v) is 25.2. The van der Waals surface area contributed by atoms with Crippen LogP contribution in [0.2, 0.25) is 0 Å². The molecule has 10 amide bonds. The van der Waals surface area contributed by atoms with Crippen LogP contribution < -0.4 is 68.6 Å². The molecule has 10 atom stereocenters. The van der Waals surface area contributed by atoms with E-state index >= 15 is 19.2 Å². The van der Waals surface area contributed by atoms with Crippen molar-refractivity contribution in [2.75, 3.05) is 20.1 Å². The molecule has 1 aromatic heterocycles. The van der Waals surface area contributed by atoms with Crippen molar-refractivity contribution in [3.8, 4) is 11.5 Å². The van der Waals surface area contributed by atoms with E-state index in [1.165, 1.54) is 18.9 Å². The molecule has 0 aliphatic carbocycles. The third kappa shape index (κ3) is 27.3. The summed E-state index contributed by atoms with van der Waals surface area (Å²) in [4.78, 5) is 154. The number of nitrogens with one attached hydrogen (secondary N) is 12. The first-order valence-corrected chi connectivity index (χ1v) is 46.5. The largest absolute Gasteiger partial charge is 0.488 e. The van der Waals surface area contributed by atoms with E-state index in [4.69, 9.17) is 30.1 Å². The molecule has 0 saturated carbocycles. The number of nitrogens with zero attached hydrogens (tertiary/aromatic N) is 2. The molecule has 10 rings (SSSR count). The Morgan fingerprint density at radius 2 is 1.17 bits per heavy atom. The third-order valence-electron chi connectivity index (χ3n) is 23.1. The SMILES string of the molecule is Cc1c(C)c(S(=O)(=O)N(C)C(=N)NCCC[C@H](NC(=O)[C@H](CC(C)C)NC(=O)NNC(=O)[C@H](Cc2ccccc2)NC(=O)[C@@H](NC(=O)[C@H](CC(=O)NC(c2ccccc2)(c2ccccc2)c2ccccc2)NC(=O)[C@@H]2C[C@@H](OC(C)(C)C)CN2C(=O)[C@@H](N)Cc2ccc(OC(C)(C)C)cc2)[C@@H](C)OC(C)(C)C)C(=O)N[C@@H](Cc2c[nH]c3ccccc23)C(=O)O)c(C)c2c1OC(C)(C)C2. The molecule has 7 aromatic carbocycles. The summed E-state index contributed by atoms with van der Waals surface area (Å²) >= 11 is 0. The zero-order valence-electron chi connectivity index (χ0n) is 79.2. The number of hydrazine groups is 1. The number of aliphatic carboxylic acids is 1. The second kappa shape index (κ2) is 43.8. The summed E-state index contributed by atoms with van der Waals surface area (Å²) < 4.78 is 55.0. The van der Waals surface area contributed by atoms with E-state index in [1.54, 1.807) is 134 Å². The second-order valence-electron chi connectivity index (χ2n) is 38.3. The minimum absolute atomic E-state index is 0.0247. The molecule has 1 saturated heterocycles. The molecule has 33 heteroatoms. The zero-order chi connectivity index (χ0) is 97.4. The molecular weight excluding hydrogens is 1720 g/mol. The van der Waals surface area contributed by atoms with Crippen molar-refractivity contribution in [2.45, 2.75) is 269 Å². The van der Waals surface area contributed by atoms with E-state index in [0.29, 0.717) is 73.4 Å². The van der Waals surface area contributed by atoms with Gasteiger partial charge < -0.3 is 82.2 Å². The van der Waals surface area contributed by atoms with Gasteiger partial charge in [-0.05, 0) is 204 Å². The van der Waals surface area contributed by atoms with Crippen molar-refractivity contribution in [1.82, 2.24) is 67.6 Å². The summed E-state index contributed by atoms with van der Waals surface area (Å²) in [5.41, 5.74) is 13.9. The number of amides is 10. The number of carboxylic acids is 1. The van der Waals surface area contributed by atoms with Gasteiger partial charge in [0.05, 0.1) is 40.8 Å². The van der Waals surface area contributed by atoms with Gasteiger partial charge in [0.1, 0.15) is 70.5 Å². The van der Waals surface area contributed by atoms with E-state index in [-0.39, 0.29) is 68.8 Å². The predicted octanol–water partition coefficient (Wildman–Crippen LogP) is 9.70. The maximum absolute atomic E-state index is 15.9. The van der Waals surface area contributed by atoms with Crippen LogP contribution in [0.3, 0.4) is 0 Å². The van der Waals surface area contributed by atoms with E-state index in [9.17, 15) is 42.3 Å². The number of likely N-dealkylation sites (tertiary alicyclic amines) is 1. The number of urea groups is 1. The number of hydrogen-bond acceptors (Lipinski definition) is 18. The maximum atomic E-state index is 15.9. The summed E-state index contributed by atoms with van der Waals surface area (Å²) in [6.07, 6.45) is -1.44. The summed E-state index contributed by atoms with van der Waals surface area (Å²) in [5, 5.41) is 42.7. The summed E-state index contributed by atoms with van der Waals surface area (Å²) in [6.45, 7) is 30.2. The Labute approximate surface area is 779 Å². The first-order chi connectivity index (χ1) is 62.5. The Hall–Kier alpha value is -12.7. The van der Waals surface area contributed by atoms with Crippen molar-refractivity contribution in [1.29, 1.82) is 5.41 Å². The number of ether oxygens (including phenoxy) is 4. The Morgan fingerprint density at radius 3 is 1.74 bits per heavy atom. The second-order valence-corrected chi connectivity index (χ2v) is 40.2. The minimum Gasteiger partial charge on any atom is -0.488 e. The molecule has 133 heavy (non-hydrogen) atoms. The molecule has 0 bridgehead atoms. The molecule has 2 aliphatic rings. The van der Waals surface area contributed by atoms with Gasteiger partial charge >= 0.3 is 12.0 Å². The van der Waals surface area contributed by atoms with Crippen LogP contribution in [0.25, 0.3) is 10.9 Å². The highest BCUT2D eigenvalue weighted by Gasteiger charge is 2.47. The number of nitrogens with two attached hydrogens (primary N) is 1. The fraction of sp³-hybridized carbons (Fsp3) is 0.450. The highest BCUT2D eigenvalue weighted by molar-refractivity contribution is 7.89. The summed E-state index contributed by atoms with van der Waals surface area (Å²) in [7, 11) is -3.12. The van der Waals surface area contributed by atoms with Gasteiger partial charge in [-0.15, -0.1) is 0 Å². The molecule has 32 nitrogen and oxygen atoms in total. The average Bonchev–Trinajstić information content (AvgIpc) is 1.57. The lowest BCUT2D eigenvalue weighted by molar-refractivity contribution is -0.143. The fourth-order valence-electron chi connectivity index (χ4n) is 16.9. The standard InChI is InChI=1S/C100H131N15O17S/c1-59(2)50-77(87(118)105-76(86(117)108-80(93(124)125)53-66-57-104-75-43-32-31-42-72(66)75)44-33-49-103-94(102)114(18)133(127,128)85-61(4)60(3)84-73(62(85)5)56-99(16,17)132-84)109-95(126)113-112-89(120)78(52-64-34-23-19-24-35-64)107-91(122)83(63(6)129-96(7,8)9)110-88(119)79(55-82(116)111-100(67-36-25-20-26-37-67,68-38-27-21-28-39-68)69-40-29-22-30-41-69)106-90(121)81-54-71(131-98(13,14)15)58-115(81)92(123)74(101)51-65-45-47-70(48-46-65)130-97(10,11)12/h19-32,34-43,45-48,57,59,63,71,74,76-81,83,104H,33,44,49-56,58,101H2,1-18H3,(H2,102,103)(H,105,118)(H,106,121)(H,107,122)(H,108,117)(H,110,119)(H,111,116)(H,112,120)(H,124,125)(H2,109,113,126)/t63-,71-,74+,76+,77+,78+,79+,80+,81+,83+/m1/s1. The van der Waals surface area contributed by atoms with Crippen molar-refractivity contribution in [2.24, 2.45) is 11.7 Å². The molecule has 714 valence electrons. The molecule has 0 radical (unpaired) electrons. The first-order valence-electron chi connectivity index (χ1n) is 45.0. The zero-order valence-corrected chi connectivity index (χ0v) is 80.0. The Kier molecular flexibility index (Phi) is 33.7. The molecule has 3 heterocycles. The number of aromatic amines is 1. The topological polar surface area (TPSA) is 454 Å². The van der Waals surface area contributed by atoms with Crippen molar-refractivity contribution < 1.29 is 80.4 Å². The summed E-state index contributed by atoms with van der Waals surface area (Å²) in [6, 6.07) is 37.0. The monoisotopic (exact) mass is 1850 g/mol. The normalized spacial score (nSPS) is 16.2. The van der Waals surface area contributed by atoms with Crippen LogP contribution in [0.1, 0.15) is 185 Å². The van der Waals surface area contributed by atoms with Crippen LogP contribution in [0.4, 0.5) is 4.79 Å². The molecule has 8 aromatic rings. The number of guanidine groups is 1.